The fourth-order valence-electron chi connectivity index (χ4n) is 3.27. The first-order chi connectivity index (χ1) is 16.7. The van der Waals surface area contributed by atoms with E-state index < -0.39 is 31.0 Å². The molecule has 3 rings (SSSR count). The first-order valence-electron chi connectivity index (χ1n) is 10.8. The maximum atomic E-state index is 13.1. The number of hydrogen-bond donors (Lipinski definition) is 1. The molecule has 1 amide bonds. The van der Waals surface area contributed by atoms with Gasteiger partial charge in [-0.2, -0.15) is 13.2 Å². The van der Waals surface area contributed by atoms with Crippen molar-refractivity contribution in [1.82, 2.24) is 4.90 Å². The van der Waals surface area contributed by atoms with Gasteiger partial charge in [-0.15, -0.1) is 0 Å². The number of carbonyl (C=O) groups excluding carboxylic acids is 1. The van der Waals surface area contributed by atoms with Gasteiger partial charge in [-0.05, 0) is 61.0 Å². The minimum absolute atomic E-state index is 0.0448. The highest BCUT2D eigenvalue weighted by Crippen LogP contribution is 2.31. The van der Waals surface area contributed by atoms with Crippen molar-refractivity contribution in [2.24, 2.45) is 0 Å². The van der Waals surface area contributed by atoms with E-state index in [1.54, 1.807) is 30.3 Å². The molecule has 0 aliphatic heterocycles. The summed E-state index contributed by atoms with van der Waals surface area (Å²) in [7, 11) is 0. The maximum absolute atomic E-state index is 13.1. The molecule has 0 radical (unpaired) electrons. The van der Waals surface area contributed by atoms with Crippen LogP contribution in [0, 0.1) is 0 Å². The van der Waals surface area contributed by atoms with Gasteiger partial charge in [-0.1, -0.05) is 24.3 Å². The van der Waals surface area contributed by atoms with Crippen molar-refractivity contribution in [3.63, 3.8) is 0 Å². The normalized spacial score (nSPS) is 11.1. The van der Waals surface area contributed by atoms with Crippen molar-refractivity contribution in [3.05, 3.63) is 89.5 Å². The van der Waals surface area contributed by atoms with Crippen LogP contribution in [-0.2, 0) is 6.54 Å². The maximum Gasteiger partial charge on any atom is 0.390 e. The molecule has 9 heteroatoms. The van der Waals surface area contributed by atoms with Gasteiger partial charge < -0.3 is 19.5 Å². The molecule has 0 heterocycles. The predicted octanol–water partition coefficient (Wildman–Crippen LogP) is 6.17. The number of alkyl halides is 3. The minimum atomic E-state index is -4.43. The molecule has 0 saturated carbocycles. The predicted molar refractivity (Wildman–Crippen MR) is 123 cm³/mol. The summed E-state index contributed by atoms with van der Waals surface area (Å²) in [6, 6.07) is 18.8. The van der Waals surface area contributed by atoms with Crippen LogP contribution in [0.3, 0.4) is 0 Å². The summed E-state index contributed by atoms with van der Waals surface area (Å²) < 4.78 is 50.0. The Kier molecular flexibility index (Phi) is 8.35. The number of carboxylic acids is 1. The molecule has 3 aromatic rings. The van der Waals surface area contributed by atoms with E-state index in [-0.39, 0.29) is 17.7 Å². The van der Waals surface area contributed by atoms with E-state index in [1.165, 1.54) is 36.4 Å². The standard InChI is InChI=1S/C26H24F3NO5/c1-2-34-22-5-3-4-6-23(22)35-21-13-11-19(12-14-21)24(31)30(16-15-26(27,28)29)17-18-7-9-20(10-8-18)25(32)33/h3-14H,2,15-17H2,1H3,(H,32,33). The number of benzene rings is 3. The van der Waals surface area contributed by atoms with Crippen LogP contribution in [0.2, 0.25) is 0 Å². The van der Waals surface area contributed by atoms with Crippen LogP contribution < -0.4 is 9.47 Å². The largest absolute Gasteiger partial charge is 0.490 e. The second-order valence-electron chi connectivity index (χ2n) is 7.60. The molecule has 0 spiro atoms. The molecule has 0 bridgehead atoms. The Labute approximate surface area is 200 Å². The van der Waals surface area contributed by atoms with Crippen LogP contribution in [0.1, 0.15) is 39.6 Å². The molecule has 0 saturated heterocycles. The molecule has 1 N–H and O–H groups in total. The number of amides is 1. The number of carbonyl (C=O) groups is 2. The SMILES string of the molecule is CCOc1ccccc1Oc1ccc(C(=O)N(CCC(F)(F)F)Cc2ccc(C(=O)O)cc2)cc1. The monoisotopic (exact) mass is 487 g/mol. The number of para-hydroxylation sites is 2. The highest BCUT2D eigenvalue weighted by molar-refractivity contribution is 5.94. The zero-order chi connectivity index (χ0) is 25.4. The second-order valence-corrected chi connectivity index (χ2v) is 7.60. The van der Waals surface area contributed by atoms with Gasteiger partial charge in [0.05, 0.1) is 18.6 Å². The van der Waals surface area contributed by atoms with Gasteiger partial charge >= 0.3 is 12.1 Å². The van der Waals surface area contributed by atoms with E-state index in [0.717, 1.165) is 4.90 Å². The first-order valence-corrected chi connectivity index (χ1v) is 10.8. The van der Waals surface area contributed by atoms with Gasteiger partial charge in [0.15, 0.2) is 11.5 Å². The molecule has 35 heavy (non-hydrogen) atoms. The van der Waals surface area contributed by atoms with Gasteiger partial charge in [-0.25, -0.2) is 4.79 Å². The Bertz CT molecular complexity index is 1140. The van der Waals surface area contributed by atoms with Crippen LogP contribution in [0.15, 0.2) is 72.8 Å². The Hall–Kier alpha value is -4.01. The molecule has 6 nitrogen and oxygen atoms in total. The van der Waals surface area contributed by atoms with Crippen molar-refractivity contribution in [1.29, 1.82) is 0 Å². The van der Waals surface area contributed by atoms with Gasteiger partial charge in [0.2, 0.25) is 0 Å². The van der Waals surface area contributed by atoms with Crippen molar-refractivity contribution < 1.29 is 37.3 Å². The van der Waals surface area contributed by atoms with Gasteiger partial charge in [0.25, 0.3) is 5.91 Å². The molecule has 184 valence electrons. The summed E-state index contributed by atoms with van der Waals surface area (Å²) >= 11 is 0. The van der Waals surface area contributed by atoms with Crippen molar-refractivity contribution in [3.8, 4) is 17.2 Å². The zero-order valence-corrected chi connectivity index (χ0v) is 18.9. The lowest BCUT2D eigenvalue weighted by molar-refractivity contribution is -0.136. The third kappa shape index (κ3) is 7.49. The van der Waals surface area contributed by atoms with Crippen LogP contribution >= 0.6 is 0 Å². The third-order valence-electron chi connectivity index (χ3n) is 5.00. The fraction of sp³-hybridized carbons (Fsp3) is 0.231. The van der Waals surface area contributed by atoms with E-state index in [0.29, 0.717) is 29.4 Å². The van der Waals surface area contributed by atoms with Gasteiger partial charge in [0.1, 0.15) is 5.75 Å². The topological polar surface area (TPSA) is 76.1 Å². The second kappa shape index (κ2) is 11.4. The quantitative estimate of drug-likeness (QED) is 0.370. The number of aromatic carboxylic acids is 1. The fourth-order valence-corrected chi connectivity index (χ4v) is 3.27. The van der Waals surface area contributed by atoms with E-state index >= 15 is 0 Å². The van der Waals surface area contributed by atoms with Crippen LogP contribution in [0.4, 0.5) is 13.2 Å². The number of hydrogen-bond acceptors (Lipinski definition) is 4. The first kappa shape index (κ1) is 25.6. The summed E-state index contributed by atoms with van der Waals surface area (Å²) in [5, 5.41) is 9.02. The average molecular weight is 487 g/mol. The average Bonchev–Trinajstić information content (AvgIpc) is 2.83. The molecular formula is C26H24F3NO5. The molecular weight excluding hydrogens is 463 g/mol. The van der Waals surface area contributed by atoms with Crippen molar-refractivity contribution >= 4 is 11.9 Å². The Morgan fingerprint density at radius 2 is 1.49 bits per heavy atom. The lowest BCUT2D eigenvalue weighted by atomic mass is 10.1. The van der Waals surface area contributed by atoms with Gasteiger partial charge in [0, 0.05) is 18.7 Å². The lowest BCUT2D eigenvalue weighted by Gasteiger charge is -2.24. The lowest BCUT2D eigenvalue weighted by Crippen LogP contribution is -2.33. The number of nitrogens with zero attached hydrogens (tertiary/aromatic N) is 1. The Balaban J connectivity index is 1.76. The molecule has 0 aliphatic carbocycles. The van der Waals surface area contributed by atoms with E-state index in [1.807, 2.05) is 13.0 Å². The minimum Gasteiger partial charge on any atom is -0.490 e. The summed E-state index contributed by atoms with van der Waals surface area (Å²) in [6.07, 6.45) is -5.60. The van der Waals surface area contributed by atoms with E-state index in [9.17, 15) is 22.8 Å². The van der Waals surface area contributed by atoms with E-state index in [2.05, 4.69) is 0 Å². The molecule has 0 unspecified atom stereocenters. The zero-order valence-electron chi connectivity index (χ0n) is 18.9. The number of rotatable bonds is 10. The smallest absolute Gasteiger partial charge is 0.390 e. The van der Waals surface area contributed by atoms with Crippen molar-refractivity contribution in [2.45, 2.75) is 26.1 Å². The number of halogens is 3. The number of ether oxygens (including phenoxy) is 2. The third-order valence-corrected chi connectivity index (χ3v) is 5.00. The Morgan fingerprint density at radius 3 is 2.06 bits per heavy atom. The summed E-state index contributed by atoms with van der Waals surface area (Å²) in [6.45, 7) is 1.67. The van der Waals surface area contributed by atoms with Crippen LogP contribution in [-0.4, -0.2) is 41.2 Å². The molecule has 0 fully saturated rings. The van der Waals surface area contributed by atoms with Crippen molar-refractivity contribution in [2.75, 3.05) is 13.2 Å². The van der Waals surface area contributed by atoms with E-state index in [4.69, 9.17) is 14.6 Å². The highest BCUT2D eigenvalue weighted by atomic mass is 19.4. The van der Waals surface area contributed by atoms with Gasteiger partial charge in [-0.3, -0.25) is 4.79 Å². The summed E-state index contributed by atoms with van der Waals surface area (Å²) in [5.74, 6) is -0.224. The van der Waals surface area contributed by atoms with Crippen LogP contribution in [0.5, 0.6) is 17.2 Å². The Morgan fingerprint density at radius 1 is 0.886 bits per heavy atom. The molecule has 0 aromatic heterocycles. The highest BCUT2D eigenvalue weighted by Gasteiger charge is 2.29. The summed E-state index contributed by atoms with van der Waals surface area (Å²) in [4.78, 5) is 25.2. The van der Waals surface area contributed by atoms with Crippen LogP contribution in [0.25, 0.3) is 0 Å². The molecule has 0 atom stereocenters. The summed E-state index contributed by atoms with van der Waals surface area (Å²) in [5.41, 5.74) is 0.751. The molecule has 0 aliphatic rings. The number of carboxylic acid groups (broad SMARTS) is 1. The molecule has 3 aromatic carbocycles.